The number of nitrogens with one attached hydrogen (secondary N) is 1. The lowest BCUT2D eigenvalue weighted by molar-refractivity contribution is -0.120. The maximum absolute atomic E-state index is 12.5. The van der Waals surface area contributed by atoms with Gasteiger partial charge in [0.1, 0.15) is 6.61 Å². The van der Waals surface area contributed by atoms with Gasteiger partial charge in [-0.05, 0) is 58.7 Å². The van der Waals surface area contributed by atoms with Crippen LogP contribution < -0.4 is 14.9 Å². The normalized spacial score (nSPS) is 11.0. The van der Waals surface area contributed by atoms with Gasteiger partial charge in [0.05, 0.1) is 19.2 Å². The zero-order valence-electron chi connectivity index (χ0n) is 18.8. The lowest BCUT2D eigenvalue weighted by Gasteiger charge is -2.12. The average molecular weight is 517 g/mol. The summed E-state index contributed by atoms with van der Waals surface area (Å²) in [5.41, 5.74) is 5.44. The maximum Gasteiger partial charge on any atom is 0.244 e. The molecule has 0 saturated carbocycles. The number of benzene rings is 4. The molecule has 0 aliphatic heterocycles. The molecule has 0 bridgehead atoms. The van der Waals surface area contributed by atoms with Gasteiger partial charge in [0, 0.05) is 4.47 Å². The van der Waals surface area contributed by atoms with E-state index in [1.54, 1.807) is 6.21 Å². The van der Waals surface area contributed by atoms with Gasteiger partial charge in [0.25, 0.3) is 0 Å². The van der Waals surface area contributed by atoms with Crippen molar-refractivity contribution in [3.05, 3.63) is 106 Å². The van der Waals surface area contributed by atoms with Crippen LogP contribution in [0.3, 0.4) is 0 Å². The van der Waals surface area contributed by atoms with Crippen LogP contribution in [0.5, 0.6) is 11.5 Å². The highest BCUT2D eigenvalue weighted by Crippen LogP contribution is 2.29. The summed E-state index contributed by atoms with van der Waals surface area (Å²) in [6.45, 7) is 2.89. The summed E-state index contributed by atoms with van der Waals surface area (Å²) >= 11 is 3.57. The molecule has 0 fully saturated rings. The van der Waals surface area contributed by atoms with Gasteiger partial charge in [-0.25, -0.2) is 5.43 Å². The average Bonchev–Trinajstić information content (AvgIpc) is 2.86. The number of rotatable bonds is 9. The Balaban J connectivity index is 1.40. The van der Waals surface area contributed by atoms with Gasteiger partial charge in [0.2, 0.25) is 5.91 Å². The van der Waals surface area contributed by atoms with Gasteiger partial charge in [-0.1, -0.05) is 76.6 Å². The summed E-state index contributed by atoms with van der Waals surface area (Å²) in [4.78, 5) is 12.5. The van der Waals surface area contributed by atoms with Crippen LogP contribution in [0.15, 0.2) is 94.5 Å². The van der Waals surface area contributed by atoms with Crippen molar-refractivity contribution < 1.29 is 14.3 Å². The number of amides is 1. The van der Waals surface area contributed by atoms with Crippen molar-refractivity contribution in [2.24, 2.45) is 5.10 Å². The zero-order chi connectivity index (χ0) is 23.8. The molecule has 0 saturated heterocycles. The largest absolute Gasteiger partial charge is 0.490 e. The fourth-order valence-electron chi connectivity index (χ4n) is 3.60. The van der Waals surface area contributed by atoms with E-state index in [0.717, 1.165) is 31.9 Å². The van der Waals surface area contributed by atoms with Gasteiger partial charge in [-0.3, -0.25) is 4.79 Å². The van der Waals surface area contributed by atoms with Crippen LogP contribution in [-0.4, -0.2) is 18.7 Å². The number of hydrazone groups is 1. The first kappa shape index (κ1) is 23.5. The fraction of sp³-hybridized carbons (Fsp3) is 0.143. The van der Waals surface area contributed by atoms with Crippen molar-refractivity contribution in [2.75, 3.05) is 6.61 Å². The monoisotopic (exact) mass is 516 g/mol. The van der Waals surface area contributed by atoms with E-state index >= 15 is 0 Å². The van der Waals surface area contributed by atoms with Crippen LogP contribution in [0.25, 0.3) is 10.8 Å². The van der Waals surface area contributed by atoms with E-state index in [1.807, 2.05) is 91.9 Å². The van der Waals surface area contributed by atoms with Crippen LogP contribution in [0.2, 0.25) is 0 Å². The fourth-order valence-corrected chi connectivity index (χ4v) is 4.08. The lowest BCUT2D eigenvalue weighted by atomic mass is 10.0. The highest BCUT2D eigenvalue weighted by atomic mass is 79.9. The summed E-state index contributed by atoms with van der Waals surface area (Å²) in [5, 5.41) is 6.25. The first-order valence-electron chi connectivity index (χ1n) is 11.1. The van der Waals surface area contributed by atoms with Gasteiger partial charge in [-0.15, -0.1) is 0 Å². The predicted molar refractivity (Wildman–Crippen MR) is 139 cm³/mol. The Morgan fingerprint density at radius 1 is 0.912 bits per heavy atom. The molecule has 4 aromatic rings. The molecule has 1 N–H and O–H groups in total. The molecule has 0 heterocycles. The molecule has 172 valence electrons. The van der Waals surface area contributed by atoms with E-state index in [1.165, 1.54) is 0 Å². The molecule has 0 atom stereocenters. The van der Waals surface area contributed by atoms with Gasteiger partial charge >= 0.3 is 0 Å². The second-order valence-electron chi connectivity index (χ2n) is 7.64. The van der Waals surface area contributed by atoms with Gasteiger partial charge in [-0.2, -0.15) is 5.10 Å². The molecule has 0 spiro atoms. The number of carbonyl (C=O) groups is 1. The van der Waals surface area contributed by atoms with Gasteiger partial charge < -0.3 is 9.47 Å². The number of fused-ring (bicyclic) bond motifs is 1. The van der Waals surface area contributed by atoms with E-state index in [-0.39, 0.29) is 12.3 Å². The smallest absolute Gasteiger partial charge is 0.244 e. The van der Waals surface area contributed by atoms with Crippen LogP contribution in [0.1, 0.15) is 23.6 Å². The Bertz CT molecular complexity index is 1310. The van der Waals surface area contributed by atoms with E-state index in [2.05, 4.69) is 26.5 Å². The SMILES string of the molecule is CCOc1cc(C=NNC(=O)Cc2ccc(Br)c3ccccc23)ccc1OCc1ccccc1. The van der Waals surface area contributed by atoms with Crippen molar-refractivity contribution in [2.45, 2.75) is 20.0 Å². The minimum atomic E-state index is -0.184. The molecule has 0 aliphatic carbocycles. The van der Waals surface area contributed by atoms with Crippen molar-refractivity contribution in [1.29, 1.82) is 0 Å². The van der Waals surface area contributed by atoms with Crippen molar-refractivity contribution in [3.8, 4) is 11.5 Å². The minimum Gasteiger partial charge on any atom is -0.490 e. The van der Waals surface area contributed by atoms with Crippen molar-refractivity contribution in [1.82, 2.24) is 5.43 Å². The van der Waals surface area contributed by atoms with Crippen LogP contribution >= 0.6 is 15.9 Å². The molecule has 0 unspecified atom stereocenters. The maximum atomic E-state index is 12.5. The Morgan fingerprint density at radius 3 is 2.47 bits per heavy atom. The quantitative estimate of drug-likeness (QED) is 0.210. The second kappa shape index (κ2) is 11.5. The highest BCUT2D eigenvalue weighted by Gasteiger charge is 2.09. The Kier molecular flexibility index (Phi) is 7.94. The number of hydrogen-bond acceptors (Lipinski definition) is 4. The highest BCUT2D eigenvalue weighted by molar-refractivity contribution is 9.10. The van der Waals surface area contributed by atoms with Gasteiger partial charge in [0.15, 0.2) is 11.5 Å². The first-order chi connectivity index (χ1) is 16.6. The summed E-state index contributed by atoms with van der Waals surface area (Å²) in [6.07, 6.45) is 1.84. The zero-order valence-corrected chi connectivity index (χ0v) is 20.4. The topological polar surface area (TPSA) is 59.9 Å². The van der Waals surface area contributed by atoms with Crippen LogP contribution in [0, 0.1) is 0 Å². The molecule has 5 nitrogen and oxygen atoms in total. The summed E-state index contributed by atoms with van der Waals surface area (Å²) in [6, 6.07) is 27.5. The molecule has 34 heavy (non-hydrogen) atoms. The van der Waals surface area contributed by atoms with Crippen molar-refractivity contribution in [3.63, 3.8) is 0 Å². The molecule has 0 aliphatic rings. The number of carbonyl (C=O) groups excluding carboxylic acids is 1. The molecular weight excluding hydrogens is 492 g/mol. The van der Waals surface area contributed by atoms with E-state index < -0.39 is 0 Å². The summed E-state index contributed by atoms with van der Waals surface area (Å²) in [5.74, 6) is 1.11. The van der Waals surface area contributed by atoms with Crippen LogP contribution in [0.4, 0.5) is 0 Å². The number of nitrogens with zero attached hydrogens (tertiary/aromatic N) is 1. The molecule has 1 amide bonds. The van der Waals surface area contributed by atoms with Crippen molar-refractivity contribution >= 4 is 38.8 Å². The molecule has 0 radical (unpaired) electrons. The Morgan fingerprint density at radius 2 is 1.68 bits per heavy atom. The third-order valence-electron chi connectivity index (χ3n) is 5.22. The lowest BCUT2D eigenvalue weighted by Crippen LogP contribution is -2.19. The standard InChI is InChI=1S/C28H25BrN2O3/c1-2-33-27-16-21(12-15-26(27)34-19-20-8-4-3-5-9-20)18-30-31-28(32)17-22-13-14-25(29)24-11-7-6-10-23(22)24/h3-16,18H,2,17,19H2,1H3,(H,31,32). The van der Waals surface area contributed by atoms with E-state index in [0.29, 0.717) is 24.7 Å². The van der Waals surface area contributed by atoms with Crippen LogP contribution in [-0.2, 0) is 17.8 Å². The summed E-state index contributed by atoms with van der Waals surface area (Å²) in [7, 11) is 0. The Hall–Kier alpha value is -3.64. The molecule has 0 aromatic heterocycles. The molecule has 6 heteroatoms. The molecule has 4 aromatic carbocycles. The molecule has 4 rings (SSSR count). The third kappa shape index (κ3) is 6.02. The summed E-state index contributed by atoms with van der Waals surface area (Å²) < 4.78 is 12.7. The third-order valence-corrected chi connectivity index (χ3v) is 5.91. The predicted octanol–water partition coefficient (Wildman–Crippen LogP) is 6.27. The number of halogens is 1. The number of hydrogen-bond donors (Lipinski definition) is 1. The minimum absolute atomic E-state index is 0.184. The first-order valence-corrected chi connectivity index (χ1v) is 11.8. The Labute approximate surface area is 207 Å². The molecular formula is C28H25BrN2O3. The van der Waals surface area contributed by atoms with E-state index in [4.69, 9.17) is 9.47 Å². The second-order valence-corrected chi connectivity index (χ2v) is 8.49. The number of ether oxygens (including phenoxy) is 2. The van der Waals surface area contributed by atoms with E-state index in [9.17, 15) is 4.79 Å².